The minimum atomic E-state index is -0.348. The quantitative estimate of drug-likeness (QED) is 0.601. The predicted molar refractivity (Wildman–Crippen MR) is 109 cm³/mol. The van der Waals surface area contributed by atoms with Crippen molar-refractivity contribution in [2.45, 2.75) is 18.5 Å². The van der Waals surface area contributed by atoms with Gasteiger partial charge < -0.3 is 5.32 Å². The van der Waals surface area contributed by atoms with E-state index in [0.29, 0.717) is 23.2 Å². The highest BCUT2D eigenvalue weighted by molar-refractivity contribution is 6.09. The number of hydrogen-bond acceptors (Lipinski definition) is 4. The van der Waals surface area contributed by atoms with Crippen LogP contribution in [0.1, 0.15) is 33.9 Å². The van der Waals surface area contributed by atoms with Crippen LogP contribution >= 0.6 is 0 Å². The fraction of sp³-hybridized carbons (Fsp3) is 0.130. The number of anilines is 1. The van der Waals surface area contributed by atoms with Crippen LogP contribution in [-0.2, 0) is 4.79 Å². The first-order valence-corrected chi connectivity index (χ1v) is 9.27. The van der Waals surface area contributed by atoms with E-state index < -0.39 is 0 Å². The molecule has 3 N–H and O–H groups in total. The van der Waals surface area contributed by atoms with Crippen LogP contribution in [0, 0.1) is 0 Å². The number of carbonyl (C=O) groups is 2. The first kappa shape index (κ1) is 18.1. The molecular formula is C23H21N3O2. The molecular weight excluding hydrogens is 350 g/mol. The summed E-state index contributed by atoms with van der Waals surface area (Å²) in [5.41, 5.74) is 9.15. The smallest absolute Gasteiger partial charge is 0.242 e. The Morgan fingerprint density at radius 2 is 1.46 bits per heavy atom. The summed E-state index contributed by atoms with van der Waals surface area (Å²) >= 11 is 0. The van der Waals surface area contributed by atoms with Crippen molar-refractivity contribution in [3.8, 4) is 0 Å². The fourth-order valence-electron chi connectivity index (χ4n) is 3.36. The van der Waals surface area contributed by atoms with Crippen molar-refractivity contribution in [1.29, 1.82) is 0 Å². The summed E-state index contributed by atoms with van der Waals surface area (Å²) in [4.78, 5) is 25.2. The molecule has 140 valence electrons. The Labute approximate surface area is 163 Å². The van der Waals surface area contributed by atoms with Gasteiger partial charge in [0.25, 0.3) is 0 Å². The SMILES string of the molecule is O=C(c1ccccc1)c1cccc(NC(=O)C2CC(c3ccccc3)NN2)c1. The molecule has 1 aliphatic rings. The molecule has 0 aromatic heterocycles. The normalized spacial score (nSPS) is 18.6. The average molecular weight is 371 g/mol. The third-order valence-corrected chi connectivity index (χ3v) is 4.85. The van der Waals surface area contributed by atoms with Gasteiger partial charge in [0.05, 0.1) is 0 Å². The van der Waals surface area contributed by atoms with Gasteiger partial charge in [0, 0.05) is 22.9 Å². The molecule has 3 aromatic rings. The van der Waals surface area contributed by atoms with Crippen molar-refractivity contribution in [3.63, 3.8) is 0 Å². The highest BCUT2D eigenvalue weighted by Crippen LogP contribution is 2.23. The molecule has 1 saturated heterocycles. The van der Waals surface area contributed by atoms with Crippen molar-refractivity contribution < 1.29 is 9.59 Å². The monoisotopic (exact) mass is 371 g/mol. The lowest BCUT2D eigenvalue weighted by Crippen LogP contribution is -2.39. The van der Waals surface area contributed by atoms with E-state index in [1.807, 2.05) is 48.5 Å². The Hall–Kier alpha value is -3.28. The second-order valence-electron chi connectivity index (χ2n) is 6.81. The molecule has 1 fully saturated rings. The molecule has 1 heterocycles. The minimum Gasteiger partial charge on any atom is -0.325 e. The van der Waals surface area contributed by atoms with Gasteiger partial charge in [0.15, 0.2) is 5.78 Å². The number of amides is 1. The van der Waals surface area contributed by atoms with E-state index in [4.69, 9.17) is 0 Å². The van der Waals surface area contributed by atoms with E-state index in [-0.39, 0.29) is 23.8 Å². The van der Waals surface area contributed by atoms with E-state index >= 15 is 0 Å². The molecule has 5 nitrogen and oxygen atoms in total. The fourth-order valence-corrected chi connectivity index (χ4v) is 3.36. The zero-order valence-electron chi connectivity index (χ0n) is 15.3. The second-order valence-corrected chi connectivity index (χ2v) is 6.81. The lowest BCUT2D eigenvalue weighted by atomic mass is 10.0. The van der Waals surface area contributed by atoms with Crippen LogP contribution in [0.15, 0.2) is 84.9 Å². The molecule has 0 bridgehead atoms. The van der Waals surface area contributed by atoms with Gasteiger partial charge in [-0.15, -0.1) is 0 Å². The number of hydrogen-bond donors (Lipinski definition) is 3. The maximum absolute atomic E-state index is 12.6. The molecule has 2 atom stereocenters. The van der Waals surface area contributed by atoms with Crippen molar-refractivity contribution in [2.24, 2.45) is 0 Å². The largest absolute Gasteiger partial charge is 0.325 e. The summed E-state index contributed by atoms with van der Waals surface area (Å²) in [6, 6.07) is 25.9. The van der Waals surface area contributed by atoms with Crippen molar-refractivity contribution in [3.05, 3.63) is 102 Å². The van der Waals surface area contributed by atoms with E-state index in [0.717, 1.165) is 5.56 Å². The molecule has 2 unspecified atom stereocenters. The van der Waals surface area contributed by atoms with Gasteiger partial charge >= 0.3 is 0 Å². The number of ketones is 1. The maximum atomic E-state index is 12.6. The molecule has 0 saturated carbocycles. The Morgan fingerprint density at radius 3 is 2.21 bits per heavy atom. The molecule has 5 heteroatoms. The standard InChI is InChI=1S/C23H21N3O2/c27-22(17-10-5-2-6-11-17)18-12-7-13-19(14-18)24-23(28)21-15-20(25-26-21)16-8-3-1-4-9-16/h1-14,20-21,25-26H,15H2,(H,24,28). The van der Waals surface area contributed by atoms with Gasteiger partial charge in [-0.05, 0) is 24.1 Å². The highest BCUT2D eigenvalue weighted by atomic mass is 16.2. The highest BCUT2D eigenvalue weighted by Gasteiger charge is 2.30. The Bertz CT molecular complexity index is 973. The topological polar surface area (TPSA) is 70.2 Å². The van der Waals surface area contributed by atoms with Gasteiger partial charge in [-0.3, -0.25) is 9.59 Å². The van der Waals surface area contributed by atoms with Crippen LogP contribution in [0.5, 0.6) is 0 Å². The summed E-state index contributed by atoms with van der Waals surface area (Å²) in [6.45, 7) is 0. The molecule has 1 amide bonds. The molecule has 1 aliphatic heterocycles. The van der Waals surface area contributed by atoms with E-state index in [1.54, 1.807) is 36.4 Å². The summed E-state index contributed by atoms with van der Waals surface area (Å²) in [7, 11) is 0. The Morgan fingerprint density at radius 1 is 0.786 bits per heavy atom. The summed E-state index contributed by atoms with van der Waals surface area (Å²) < 4.78 is 0. The van der Waals surface area contributed by atoms with Crippen LogP contribution in [0.2, 0.25) is 0 Å². The van der Waals surface area contributed by atoms with Crippen molar-refractivity contribution >= 4 is 17.4 Å². The third kappa shape index (κ3) is 4.01. The minimum absolute atomic E-state index is 0.0681. The van der Waals surface area contributed by atoms with Gasteiger partial charge in [-0.1, -0.05) is 72.8 Å². The number of nitrogens with one attached hydrogen (secondary N) is 3. The first-order valence-electron chi connectivity index (χ1n) is 9.27. The van der Waals surface area contributed by atoms with E-state index in [9.17, 15) is 9.59 Å². The average Bonchev–Trinajstić information content (AvgIpc) is 3.25. The second kappa shape index (κ2) is 8.17. The van der Waals surface area contributed by atoms with E-state index in [2.05, 4.69) is 16.2 Å². The van der Waals surface area contributed by atoms with Crippen LogP contribution in [0.25, 0.3) is 0 Å². The zero-order chi connectivity index (χ0) is 19.3. The maximum Gasteiger partial charge on any atom is 0.242 e. The molecule has 28 heavy (non-hydrogen) atoms. The number of benzene rings is 3. The lowest BCUT2D eigenvalue weighted by Gasteiger charge is -2.11. The molecule has 4 rings (SSSR count). The summed E-state index contributed by atoms with van der Waals surface area (Å²) in [5.74, 6) is -0.197. The lowest BCUT2D eigenvalue weighted by molar-refractivity contribution is -0.117. The number of hydrazine groups is 1. The predicted octanol–water partition coefficient (Wildman–Crippen LogP) is 3.46. The van der Waals surface area contributed by atoms with E-state index in [1.165, 1.54) is 0 Å². The van der Waals surface area contributed by atoms with Crippen molar-refractivity contribution in [1.82, 2.24) is 10.9 Å². The van der Waals surface area contributed by atoms with Crippen LogP contribution in [-0.4, -0.2) is 17.7 Å². The molecule has 0 spiro atoms. The van der Waals surface area contributed by atoms with Crippen LogP contribution < -0.4 is 16.2 Å². The van der Waals surface area contributed by atoms with Gasteiger partial charge in [-0.25, -0.2) is 10.9 Å². The van der Waals surface area contributed by atoms with Gasteiger partial charge in [-0.2, -0.15) is 0 Å². The van der Waals surface area contributed by atoms with Crippen molar-refractivity contribution in [2.75, 3.05) is 5.32 Å². The summed E-state index contributed by atoms with van der Waals surface area (Å²) in [6.07, 6.45) is 0.651. The zero-order valence-corrected chi connectivity index (χ0v) is 15.3. The molecule has 0 radical (unpaired) electrons. The Kier molecular flexibility index (Phi) is 5.28. The number of carbonyl (C=O) groups excluding carboxylic acids is 2. The number of rotatable bonds is 5. The third-order valence-electron chi connectivity index (χ3n) is 4.85. The van der Waals surface area contributed by atoms with Gasteiger partial charge in [0.1, 0.15) is 6.04 Å². The van der Waals surface area contributed by atoms with Crippen LogP contribution in [0.3, 0.4) is 0 Å². The first-order chi connectivity index (χ1) is 13.7. The van der Waals surface area contributed by atoms with Crippen LogP contribution in [0.4, 0.5) is 5.69 Å². The molecule has 3 aromatic carbocycles. The Balaban J connectivity index is 1.42. The summed E-state index contributed by atoms with van der Waals surface area (Å²) in [5, 5.41) is 2.91. The molecule has 0 aliphatic carbocycles. The van der Waals surface area contributed by atoms with Gasteiger partial charge in [0.2, 0.25) is 5.91 Å².